The Balaban J connectivity index is -0.00000144. The summed E-state index contributed by atoms with van der Waals surface area (Å²) in [6.45, 7) is 4.04. The second kappa shape index (κ2) is 14.1. The van der Waals surface area contributed by atoms with E-state index >= 15 is 0 Å². The Kier molecular flexibility index (Phi) is 15.6. The molecule has 0 saturated heterocycles. The van der Waals surface area contributed by atoms with Gasteiger partial charge in [0.25, 0.3) is 0 Å². The molecule has 0 radical (unpaired) electrons. The van der Waals surface area contributed by atoms with Gasteiger partial charge in [-0.05, 0) is 30.7 Å². The first-order valence-electron chi connectivity index (χ1n) is 7.97. The Morgan fingerprint density at radius 1 is 1.19 bits per heavy atom. The van der Waals surface area contributed by atoms with Crippen molar-refractivity contribution in [2.45, 2.75) is 45.6 Å². The van der Waals surface area contributed by atoms with E-state index in [1.54, 1.807) is 24.4 Å². The molecule has 0 aliphatic rings. The van der Waals surface area contributed by atoms with Crippen LogP contribution in [0.15, 0.2) is 30.5 Å². The molecule has 27 heavy (non-hydrogen) atoms. The summed E-state index contributed by atoms with van der Waals surface area (Å²) >= 11 is 6.16. The van der Waals surface area contributed by atoms with E-state index in [1.807, 2.05) is 13.0 Å². The number of carboxylic acid groups (broad SMARTS) is 1. The summed E-state index contributed by atoms with van der Waals surface area (Å²) in [5.74, 6) is -0.568. The first-order valence-corrected chi connectivity index (χ1v) is 8.35. The molecule has 156 valence electrons. The van der Waals surface area contributed by atoms with E-state index in [2.05, 4.69) is 11.9 Å². The Morgan fingerprint density at radius 2 is 1.85 bits per heavy atom. The first-order chi connectivity index (χ1) is 11.0. The smallest absolute Gasteiger partial charge is 0.345 e. The third-order valence-corrected chi connectivity index (χ3v) is 4.29. The fraction of sp³-hybridized carbons (Fsp3) is 0.444. The molecule has 8 nitrogen and oxygen atoms in total. The number of benzene rings is 1. The number of carboxylic acids is 1. The number of hydrogen-bond donors (Lipinski definition) is 1. The van der Waals surface area contributed by atoms with Gasteiger partial charge in [0.2, 0.25) is 0 Å². The highest BCUT2D eigenvalue weighted by Gasteiger charge is 2.27. The highest BCUT2D eigenvalue weighted by molar-refractivity contribution is 6.35. The summed E-state index contributed by atoms with van der Waals surface area (Å²) in [6, 6.07) is 7.03. The fourth-order valence-corrected chi connectivity index (χ4v) is 2.84. The molecule has 2 aromatic rings. The van der Waals surface area contributed by atoms with Crippen LogP contribution >= 0.6 is 11.6 Å². The van der Waals surface area contributed by atoms with Crippen LogP contribution in [0.4, 0.5) is 0 Å². The van der Waals surface area contributed by atoms with Crippen molar-refractivity contribution in [3.8, 4) is 5.75 Å². The maximum absolute atomic E-state index is 11.6. The number of rotatable bonds is 8. The Morgan fingerprint density at radius 3 is 2.44 bits per heavy atom. The maximum Gasteiger partial charge on any atom is 0.345 e. The van der Waals surface area contributed by atoms with Gasteiger partial charge in [-0.25, -0.2) is 4.79 Å². The number of halogens is 1. The molecule has 1 aromatic carbocycles. The SMILES string of the molecule is CCCCCC(C)C(Oc1ccc(Cl)c2cccnc12)C(=O)O.O.O.O.O. The minimum Gasteiger partial charge on any atom is -0.478 e. The highest BCUT2D eigenvalue weighted by atomic mass is 35.5. The summed E-state index contributed by atoms with van der Waals surface area (Å²) in [6.07, 6.45) is 4.79. The molecule has 0 spiro atoms. The van der Waals surface area contributed by atoms with Crippen LogP contribution in [0.25, 0.3) is 10.9 Å². The third kappa shape index (κ3) is 7.66. The molecule has 0 bridgehead atoms. The molecule has 9 N–H and O–H groups in total. The number of nitrogens with zero attached hydrogens (tertiary/aromatic N) is 1. The molecule has 2 rings (SSSR count). The van der Waals surface area contributed by atoms with Gasteiger partial charge < -0.3 is 31.7 Å². The average Bonchev–Trinajstić information content (AvgIpc) is 2.54. The van der Waals surface area contributed by atoms with Gasteiger partial charge in [0.1, 0.15) is 11.3 Å². The van der Waals surface area contributed by atoms with E-state index in [0.717, 1.165) is 31.1 Å². The number of ether oxygens (including phenoxy) is 1. The van der Waals surface area contributed by atoms with E-state index in [-0.39, 0.29) is 27.8 Å². The van der Waals surface area contributed by atoms with Crippen molar-refractivity contribution in [1.82, 2.24) is 4.98 Å². The van der Waals surface area contributed by atoms with Gasteiger partial charge in [-0.1, -0.05) is 44.7 Å². The lowest BCUT2D eigenvalue weighted by molar-refractivity contribution is -0.147. The quantitative estimate of drug-likeness (QED) is 0.651. The van der Waals surface area contributed by atoms with Crippen LogP contribution in [0.2, 0.25) is 5.02 Å². The molecular formula is C18H30ClNO7. The largest absolute Gasteiger partial charge is 0.478 e. The zero-order chi connectivity index (χ0) is 16.8. The van der Waals surface area contributed by atoms with Gasteiger partial charge in [-0.3, -0.25) is 4.98 Å². The van der Waals surface area contributed by atoms with E-state index < -0.39 is 12.1 Å². The van der Waals surface area contributed by atoms with E-state index in [0.29, 0.717) is 16.3 Å². The van der Waals surface area contributed by atoms with Gasteiger partial charge in [0.15, 0.2) is 6.10 Å². The van der Waals surface area contributed by atoms with Gasteiger partial charge in [0, 0.05) is 17.5 Å². The van der Waals surface area contributed by atoms with E-state index in [9.17, 15) is 9.90 Å². The molecule has 0 fully saturated rings. The minimum atomic E-state index is -0.951. The van der Waals surface area contributed by atoms with Crippen molar-refractivity contribution < 1.29 is 36.5 Å². The fourth-order valence-electron chi connectivity index (χ4n) is 2.62. The van der Waals surface area contributed by atoms with Crippen LogP contribution in [-0.4, -0.2) is 44.1 Å². The normalized spacial score (nSPS) is 11.7. The lowest BCUT2D eigenvalue weighted by atomic mass is 9.97. The van der Waals surface area contributed by atoms with Crippen LogP contribution in [-0.2, 0) is 4.79 Å². The van der Waals surface area contributed by atoms with E-state index in [1.165, 1.54) is 0 Å². The van der Waals surface area contributed by atoms with Crippen LogP contribution in [0.1, 0.15) is 39.5 Å². The first kappa shape index (κ1) is 29.8. The Labute approximate surface area is 163 Å². The molecule has 1 aromatic heterocycles. The summed E-state index contributed by atoms with van der Waals surface area (Å²) < 4.78 is 5.82. The minimum absolute atomic E-state index is 0. The van der Waals surface area contributed by atoms with Crippen LogP contribution in [0, 0.1) is 5.92 Å². The maximum atomic E-state index is 11.6. The van der Waals surface area contributed by atoms with Crippen molar-refractivity contribution in [3.63, 3.8) is 0 Å². The molecule has 0 saturated carbocycles. The Bertz CT molecular complexity index is 684. The predicted octanol–water partition coefficient (Wildman–Crippen LogP) is 1.64. The van der Waals surface area contributed by atoms with Crippen molar-refractivity contribution in [1.29, 1.82) is 0 Å². The summed E-state index contributed by atoms with van der Waals surface area (Å²) in [5, 5.41) is 10.8. The topological polar surface area (TPSA) is 185 Å². The van der Waals surface area contributed by atoms with Crippen LogP contribution in [0.5, 0.6) is 5.75 Å². The number of hydrogen-bond acceptors (Lipinski definition) is 3. The molecule has 0 amide bonds. The molecule has 0 aliphatic carbocycles. The van der Waals surface area contributed by atoms with Gasteiger partial charge >= 0.3 is 5.97 Å². The molecule has 2 atom stereocenters. The molecule has 0 aliphatic heterocycles. The number of fused-ring (bicyclic) bond motifs is 1. The summed E-state index contributed by atoms with van der Waals surface area (Å²) in [5.41, 5.74) is 0.590. The Hall–Kier alpha value is -1.97. The van der Waals surface area contributed by atoms with Gasteiger partial charge in [0.05, 0.1) is 5.02 Å². The third-order valence-electron chi connectivity index (χ3n) is 3.96. The lowest BCUT2D eigenvalue weighted by Crippen LogP contribution is -2.33. The molecule has 9 heteroatoms. The van der Waals surface area contributed by atoms with Gasteiger partial charge in [-0.15, -0.1) is 0 Å². The van der Waals surface area contributed by atoms with Crippen LogP contribution < -0.4 is 4.74 Å². The molecule has 2 unspecified atom stereocenters. The second-order valence-electron chi connectivity index (χ2n) is 5.79. The molecule has 1 heterocycles. The van der Waals surface area contributed by atoms with Crippen molar-refractivity contribution in [2.75, 3.05) is 0 Å². The second-order valence-corrected chi connectivity index (χ2v) is 6.20. The standard InChI is InChI=1S/C18H22ClNO3.4H2O/c1-3-4-5-7-12(2)17(18(21)22)23-15-10-9-14(19)13-8-6-11-20-16(13)15;;;;/h6,8-12,17H,3-5,7H2,1-2H3,(H,21,22);4*1H2. The lowest BCUT2D eigenvalue weighted by Gasteiger charge is -2.22. The average molecular weight is 408 g/mol. The van der Waals surface area contributed by atoms with Crippen molar-refractivity contribution in [2.24, 2.45) is 5.92 Å². The zero-order valence-corrected chi connectivity index (χ0v) is 16.2. The number of aromatic nitrogens is 1. The van der Waals surface area contributed by atoms with Crippen LogP contribution in [0.3, 0.4) is 0 Å². The number of aliphatic carboxylic acids is 1. The summed E-state index contributed by atoms with van der Waals surface area (Å²) in [4.78, 5) is 15.9. The van der Waals surface area contributed by atoms with Crippen molar-refractivity contribution >= 4 is 28.5 Å². The monoisotopic (exact) mass is 407 g/mol. The number of carbonyl (C=O) groups is 1. The molecular weight excluding hydrogens is 378 g/mol. The van der Waals surface area contributed by atoms with Gasteiger partial charge in [-0.2, -0.15) is 0 Å². The summed E-state index contributed by atoms with van der Waals surface area (Å²) in [7, 11) is 0. The predicted molar refractivity (Wildman–Crippen MR) is 107 cm³/mol. The number of unbranched alkanes of at least 4 members (excludes halogenated alkanes) is 2. The zero-order valence-electron chi connectivity index (χ0n) is 15.5. The van der Waals surface area contributed by atoms with Crippen molar-refractivity contribution in [3.05, 3.63) is 35.5 Å². The highest BCUT2D eigenvalue weighted by Crippen LogP contribution is 2.31. The van der Waals surface area contributed by atoms with E-state index in [4.69, 9.17) is 16.3 Å². The number of pyridine rings is 1.